The number of hydrogen-bond donors (Lipinski definition) is 2. The molecule has 96 valence electrons. The van der Waals surface area contributed by atoms with Crippen LogP contribution < -0.4 is 10.6 Å². The Labute approximate surface area is 106 Å². The van der Waals surface area contributed by atoms with Crippen molar-refractivity contribution in [3.05, 3.63) is 29.6 Å². The highest BCUT2D eigenvalue weighted by Crippen LogP contribution is 2.19. The zero-order valence-electron chi connectivity index (χ0n) is 11.2. The predicted molar refractivity (Wildman–Crippen MR) is 71.6 cm³/mol. The lowest BCUT2D eigenvalue weighted by atomic mass is 10.3. The standard InChI is InChI=1S/C12H18N6/c1-8-11(13-3)16-9(2)17-12(8)15-7-10-14-5-6-18(10)4/h5-6H,7H2,1-4H3,(H2,13,15,16,17). The van der Waals surface area contributed by atoms with Crippen molar-refractivity contribution in [2.45, 2.75) is 20.4 Å². The average Bonchev–Trinajstić information content (AvgIpc) is 2.75. The number of nitrogens with one attached hydrogen (secondary N) is 2. The van der Waals surface area contributed by atoms with Crippen LogP contribution in [0.3, 0.4) is 0 Å². The molecule has 6 nitrogen and oxygen atoms in total. The predicted octanol–water partition coefficient (Wildman–Crippen LogP) is 1.48. The second-order valence-corrected chi connectivity index (χ2v) is 4.15. The summed E-state index contributed by atoms with van der Waals surface area (Å²) in [7, 11) is 3.83. The SMILES string of the molecule is CNc1nc(C)nc(NCc2nccn2C)c1C. The molecular formula is C12H18N6. The van der Waals surface area contributed by atoms with E-state index < -0.39 is 0 Å². The first-order valence-electron chi connectivity index (χ1n) is 5.85. The first-order chi connectivity index (χ1) is 8.61. The fraction of sp³-hybridized carbons (Fsp3) is 0.417. The molecule has 2 aromatic rings. The third-order valence-corrected chi connectivity index (χ3v) is 2.83. The van der Waals surface area contributed by atoms with Crippen molar-refractivity contribution in [1.82, 2.24) is 19.5 Å². The Kier molecular flexibility index (Phi) is 3.45. The molecule has 0 spiro atoms. The summed E-state index contributed by atoms with van der Waals surface area (Å²) in [6.07, 6.45) is 3.71. The first-order valence-corrected chi connectivity index (χ1v) is 5.85. The van der Waals surface area contributed by atoms with E-state index in [1.807, 2.05) is 38.7 Å². The van der Waals surface area contributed by atoms with Gasteiger partial charge in [-0.25, -0.2) is 15.0 Å². The minimum Gasteiger partial charge on any atom is -0.373 e. The van der Waals surface area contributed by atoms with E-state index in [1.165, 1.54) is 0 Å². The summed E-state index contributed by atoms with van der Waals surface area (Å²) in [4.78, 5) is 13.0. The van der Waals surface area contributed by atoms with Crippen molar-refractivity contribution in [2.24, 2.45) is 7.05 Å². The molecule has 0 amide bonds. The molecule has 2 heterocycles. The normalized spacial score (nSPS) is 10.4. The highest BCUT2D eigenvalue weighted by atomic mass is 15.1. The molecule has 0 aromatic carbocycles. The van der Waals surface area contributed by atoms with Crippen molar-refractivity contribution in [2.75, 3.05) is 17.7 Å². The van der Waals surface area contributed by atoms with Crippen LogP contribution in [0.15, 0.2) is 12.4 Å². The Balaban J connectivity index is 2.19. The van der Waals surface area contributed by atoms with Gasteiger partial charge in [-0.1, -0.05) is 0 Å². The van der Waals surface area contributed by atoms with Gasteiger partial charge in [-0.2, -0.15) is 0 Å². The highest BCUT2D eigenvalue weighted by molar-refractivity contribution is 5.56. The summed E-state index contributed by atoms with van der Waals surface area (Å²) >= 11 is 0. The Hall–Kier alpha value is -2.11. The maximum Gasteiger partial charge on any atom is 0.135 e. The molecule has 2 aromatic heterocycles. The number of anilines is 2. The molecule has 2 N–H and O–H groups in total. The van der Waals surface area contributed by atoms with E-state index in [1.54, 1.807) is 6.20 Å². The van der Waals surface area contributed by atoms with Crippen LogP contribution in [0.25, 0.3) is 0 Å². The van der Waals surface area contributed by atoms with Gasteiger partial charge in [0.1, 0.15) is 23.3 Å². The lowest BCUT2D eigenvalue weighted by Crippen LogP contribution is -2.10. The van der Waals surface area contributed by atoms with Gasteiger partial charge in [-0.15, -0.1) is 0 Å². The average molecular weight is 246 g/mol. The fourth-order valence-corrected chi connectivity index (χ4v) is 1.77. The van der Waals surface area contributed by atoms with Crippen LogP contribution in [0.4, 0.5) is 11.6 Å². The lowest BCUT2D eigenvalue weighted by Gasteiger charge is -2.12. The molecule has 0 unspecified atom stereocenters. The van der Waals surface area contributed by atoms with Crippen LogP contribution in [0.5, 0.6) is 0 Å². The minimum atomic E-state index is 0.643. The summed E-state index contributed by atoms with van der Waals surface area (Å²) < 4.78 is 1.98. The molecule has 2 rings (SSSR count). The molecule has 0 saturated carbocycles. The monoisotopic (exact) mass is 246 g/mol. The summed E-state index contributed by atoms with van der Waals surface area (Å²) in [6.45, 7) is 4.52. The molecule has 0 fully saturated rings. The smallest absolute Gasteiger partial charge is 0.135 e. The zero-order chi connectivity index (χ0) is 13.1. The molecule has 0 aliphatic heterocycles. The van der Waals surface area contributed by atoms with Crippen LogP contribution in [0.1, 0.15) is 17.2 Å². The Morgan fingerprint density at radius 2 is 1.94 bits per heavy atom. The van der Waals surface area contributed by atoms with Gasteiger partial charge < -0.3 is 15.2 Å². The van der Waals surface area contributed by atoms with Gasteiger partial charge >= 0.3 is 0 Å². The van der Waals surface area contributed by atoms with Crippen LogP contribution in [-0.2, 0) is 13.6 Å². The van der Waals surface area contributed by atoms with Crippen molar-refractivity contribution < 1.29 is 0 Å². The zero-order valence-corrected chi connectivity index (χ0v) is 11.2. The Morgan fingerprint density at radius 3 is 2.56 bits per heavy atom. The summed E-state index contributed by atoms with van der Waals surface area (Å²) in [6, 6.07) is 0. The van der Waals surface area contributed by atoms with Gasteiger partial charge in [0, 0.05) is 32.1 Å². The van der Waals surface area contributed by atoms with Gasteiger partial charge in [0.05, 0.1) is 6.54 Å². The highest BCUT2D eigenvalue weighted by Gasteiger charge is 2.08. The molecule has 6 heteroatoms. The Morgan fingerprint density at radius 1 is 1.22 bits per heavy atom. The molecule has 0 saturated heterocycles. The van der Waals surface area contributed by atoms with E-state index in [2.05, 4.69) is 25.6 Å². The number of hydrogen-bond acceptors (Lipinski definition) is 5. The van der Waals surface area contributed by atoms with E-state index in [0.717, 1.165) is 28.8 Å². The number of nitrogens with zero attached hydrogens (tertiary/aromatic N) is 4. The lowest BCUT2D eigenvalue weighted by molar-refractivity contribution is 0.809. The van der Waals surface area contributed by atoms with Crippen LogP contribution in [-0.4, -0.2) is 26.6 Å². The van der Waals surface area contributed by atoms with Gasteiger partial charge in [0.2, 0.25) is 0 Å². The molecular weight excluding hydrogens is 228 g/mol. The van der Waals surface area contributed by atoms with E-state index in [0.29, 0.717) is 6.54 Å². The van der Waals surface area contributed by atoms with Crippen molar-refractivity contribution in [3.8, 4) is 0 Å². The van der Waals surface area contributed by atoms with E-state index in [4.69, 9.17) is 0 Å². The summed E-state index contributed by atoms with van der Waals surface area (Å²) in [5, 5.41) is 6.37. The van der Waals surface area contributed by atoms with Crippen molar-refractivity contribution in [1.29, 1.82) is 0 Å². The molecule has 18 heavy (non-hydrogen) atoms. The van der Waals surface area contributed by atoms with Crippen molar-refractivity contribution >= 4 is 11.6 Å². The molecule has 0 aliphatic carbocycles. The van der Waals surface area contributed by atoms with E-state index >= 15 is 0 Å². The van der Waals surface area contributed by atoms with Gasteiger partial charge in [-0.05, 0) is 13.8 Å². The summed E-state index contributed by atoms with van der Waals surface area (Å²) in [5.74, 6) is 3.41. The summed E-state index contributed by atoms with van der Waals surface area (Å²) in [5.41, 5.74) is 1.01. The topological polar surface area (TPSA) is 67.7 Å². The molecule has 0 bridgehead atoms. The minimum absolute atomic E-state index is 0.643. The maximum absolute atomic E-state index is 4.41. The van der Waals surface area contributed by atoms with Crippen molar-refractivity contribution in [3.63, 3.8) is 0 Å². The van der Waals surface area contributed by atoms with Gasteiger partial charge in [0.25, 0.3) is 0 Å². The number of rotatable bonds is 4. The third kappa shape index (κ3) is 2.42. The van der Waals surface area contributed by atoms with E-state index in [-0.39, 0.29) is 0 Å². The Bertz CT molecular complexity index is 545. The number of aromatic nitrogens is 4. The van der Waals surface area contributed by atoms with E-state index in [9.17, 15) is 0 Å². The second kappa shape index (κ2) is 5.03. The number of aryl methyl sites for hydroxylation is 2. The third-order valence-electron chi connectivity index (χ3n) is 2.83. The molecule has 0 radical (unpaired) electrons. The molecule has 0 atom stereocenters. The largest absolute Gasteiger partial charge is 0.373 e. The van der Waals surface area contributed by atoms with Crippen LogP contribution >= 0.6 is 0 Å². The maximum atomic E-state index is 4.41. The fourth-order valence-electron chi connectivity index (χ4n) is 1.77. The first kappa shape index (κ1) is 12.3. The molecule has 0 aliphatic rings. The van der Waals surface area contributed by atoms with Gasteiger partial charge in [0.15, 0.2) is 0 Å². The van der Waals surface area contributed by atoms with Crippen LogP contribution in [0.2, 0.25) is 0 Å². The number of imidazole rings is 1. The quantitative estimate of drug-likeness (QED) is 0.855. The van der Waals surface area contributed by atoms with Crippen LogP contribution in [0, 0.1) is 13.8 Å². The second-order valence-electron chi connectivity index (χ2n) is 4.15. The van der Waals surface area contributed by atoms with Gasteiger partial charge in [-0.3, -0.25) is 0 Å².